The van der Waals surface area contributed by atoms with E-state index in [-0.39, 0.29) is 6.10 Å². The molecule has 0 saturated heterocycles. The minimum Gasteiger partial charge on any atom is -0.388 e. The summed E-state index contributed by atoms with van der Waals surface area (Å²) >= 11 is 0. The molecule has 0 radical (unpaired) electrons. The van der Waals surface area contributed by atoms with E-state index in [9.17, 15) is 5.11 Å². The van der Waals surface area contributed by atoms with E-state index in [1.165, 1.54) is 19.3 Å². The minimum atomic E-state index is -0.230. The number of hydrogen-bond donors (Lipinski definition) is 1. The Morgan fingerprint density at radius 2 is 1.93 bits per heavy atom. The van der Waals surface area contributed by atoms with Crippen LogP contribution in [0.3, 0.4) is 0 Å². The molecule has 1 nitrogen and oxygen atoms in total. The van der Waals surface area contributed by atoms with E-state index in [1.807, 2.05) is 6.92 Å². The van der Waals surface area contributed by atoms with E-state index in [0.717, 1.165) is 18.4 Å². The van der Waals surface area contributed by atoms with Gasteiger partial charge in [-0.05, 0) is 31.3 Å². The molecule has 1 heteroatoms. The van der Waals surface area contributed by atoms with Gasteiger partial charge in [0.15, 0.2) is 0 Å². The van der Waals surface area contributed by atoms with Crippen molar-refractivity contribution in [3.05, 3.63) is 11.6 Å². The first-order valence-electron chi connectivity index (χ1n) is 5.98. The van der Waals surface area contributed by atoms with Gasteiger partial charge in [0.2, 0.25) is 0 Å². The highest BCUT2D eigenvalue weighted by Crippen LogP contribution is 2.18. The van der Waals surface area contributed by atoms with Gasteiger partial charge in [0.05, 0.1) is 6.10 Å². The Balaban J connectivity index is 3.85. The fourth-order valence-corrected chi connectivity index (χ4v) is 1.77. The summed E-state index contributed by atoms with van der Waals surface area (Å²) in [6.45, 7) is 8.50. The maximum absolute atomic E-state index is 9.95. The van der Waals surface area contributed by atoms with Crippen molar-refractivity contribution in [2.75, 3.05) is 0 Å². The molecule has 0 aromatic heterocycles. The van der Waals surface area contributed by atoms with Crippen LogP contribution in [0.1, 0.15) is 59.8 Å². The summed E-state index contributed by atoms with van der Waals surface area (Å²) in [5.74, 6) is 0.407. The van der Waals surface area contributed by atoms with Gasteiger partial charge in [-0.15, -0.1) is 0 Å². The zero-order chi connectivity index (χ0) is 11.0. The first-order chi connectivity index (χ1) is 6.63. The van der Waals surface area contributed by atoms with Crippen LogP contribution in [0.15, 0.2) is 11.6 Å². The number of hydrogen-bond acceptors (Lipinski definition) is 1. The number of aliphatic hydroxyl groups excluding tert-OH is 1. The molecule has 2 unspecified atom stereocenters. The van der Waals surface area contributed by atoms with Crippen LogP contribution in [0.5, 0.6) is 0 Å². The standard InChI is InChI=1S/C13H26O/c1-5-7-8-10-12(4)13(14)11(3)9-6-2/h9,12-14H,5-8,10H2,1-4H3/b11-9+. The predicted octanol–water partition coefficient (Wildman–Crippen LogP) is 3.92. The molecule has 0 saturated carbocycles. The molecule has 0 rings (SSSR count). The van der Waals surface area contributed by atoms with Crippen LogP contribution in [-0.2, 0) is 0 Å². The minimum absolute atomic E-state index is 0.230. The van der Waals surface area contributed by atoms with Crippen LogP contribution < -0.4 is 0 Å². The molecule has 2 atom stereocenters. The smallest absolute Gasteiger partial charge is 0.0772 e. The van der Waals surface area contributed by atoms with E-state index < -0.39 is 0 Å². The first-order valence-corrected chi connectivity index (χ1v) is 5.98. The van der Waals surface area contributed by atoms with Gasteiger partial charge in [0.25, 0.3) is 0 Å². The molecule has 0 spiro atoms. The van der Waals surface area contributed by atoms with Crippen molar-refractivity contribution in [3.63, 3.8) is 0 Å². The molecule has 0 aliphatic heterocycles. The lowest BCUT2D eigenvalue weighted by atomic mass is 9.92. The summed E-state index contributed by atoms with van der Waals surface area (Å²) in [5.41, 5.74) is 1.14. The molecule has 84 valence electrons. The Hall–Kier alpha value is -0.300. The zero-order valence-electron chi connectivity index (χ0n) is 10.2. The average Bonchev–Trinajstić information content (AvgIpc) is 2.17. The van der Waals surface area contributed by atoms with Crippen LogP contribution >= 0.6 is 0 Å². The van der Waals surface area contributed by atoms with Crippen LogP contribution in [0.25, 0.3) is 0 Å². The van der Waals surface area contributed by atoms with E-state index in [1.54, 1.807) is 0 Å². The van der Waals surface area contributed by atoms with Crippen LogP contribution in [0.4, 0.5) is 0 Å². The number of rotatable bonds is 7. The largest absolute Gasteiger partial charge is 0.388 e. The second kappa shape index (κ2) is 8.05. The van der Waals surface area contributed by atoms with E-state index in [4.69, 9.17) is 0 Å². The highest BCUT2D eigenvalue weighted by atomic mass is 16.3. The third-order valence-corrected chi connectivity index (χ3v) is 2.79. The fourth-order valence-electron chi connectivity index (χ4n) is 1.77. The van der Waals surface area contributed by atoms with Gasteiger partial charge < -0.3 is 5.11 Å². The molecule has 14 heavy (non-hydrogen) atoms. The van der Waals surface area contributed by atoms with Gasteiger partial charge in [-0.3, -0.25) is 0 Å². The monoisotopic (exact) mass is 198 g/mol. The third kappa shape index (κ3) is 5.43. The Morgan fingerprint density at radius 1 is 1.29 bits per heavy atom. The second-order valence-corrected chi connectivity index (χ2v) is 4.27. The molecule has 0 aromatic carbocycles. The molecule has 0 heterocycles. The molecule has 0 fully saturated rings. The highest BCUT2D eigenvalue weighted by Gasteiger charge is 2.14. The lowest BCUT2D eigenvalue weighted by molar-refractivity contribution is 0.143. The normalized spacial score (nSPS) is 16.8. The summed E-state index contributed by atoms with van der Waals surface area (Å²) in [4.78, 5) is 0. The van der Waals surface area contributed by atoms with Gasteiger partial charge in [0, 0.05) is 0 Å². The Morgan fingerprint density at radius 3 is 2.43 bits per heavy atom. The summed E-state index contributed by atoms with van der Waals surface area (Å²) < 4.78 is 0. The fraction of sp³-hybridized carbons (Fsp3) is 0.846. The summed E-state index contributed by atoms with van der Waals surface area (Å²) in [6.07, 6.45) is 7.84. The molecule has 0 amide bonds. The van der Waals surface area contributed by atoms with Crippen LogP contribution in [-0.4, -0.2) is 11.2 Å². The molecule has 0 aromatic rings. The van der Waals surface area contributed by atoms with Crippen molar-refractivity contribution in [3.8, 4) is 0 Å². The van der Waals surface area contributed by atoms with Crippen molar-refractivity contribution in [1.29, 1.82) is 0 Å². The molecular formula is C13H26O. The third-order valence-electron chi connectivity index (χ3n) is 2.79. The molecular weight excluding hydrogens is 172 g/mol. The predicted molar refractivity (Wildman–Crippen MR) is 63.4 cm³/mol. The summed E-state index contributed by atoms with van der Waals surface area (Å²) in [7, 11) is 0. The lowest BCUT2D eigenvalue weighted by Crippen LogP contribution is -2.18. The van der Waals surface area contributed by atoms with Crippen molar-refractivity contribution in [2.24, 2.45) is 5.92 Å². The maximum Gasteiger partial charge on any atom is 0.0772 e. The number of aliphatic hydroxyl groups is 1. The second-order valence-electron chi connectivity index (χ2n) is 4.27. The maximum atomic E-state index is 9.95. The van der Waals surface area contributed by atoms with Crippen molar-refractivity contribution >= 4 is 0 Å². The average molecular weight is 198 g/mol. The van der Waals surface area contributed by atoms with Crippen molar-refractivity contribution in [2.45, 2.75) is 65.9 Å². The number of unbranched alkanes of at least 4 members (excludes halogenated alkanes) is 2. The van der Waals surface area contributed by atoms with Gasteiger partial charge in [-0.1, -0.05) is 46.1 Å². The molecule has 0 aliphatic rings. The van der Waals surface area contributed by atoms with Crippen LogP contribution in [0, 0.1) is 5.92 Å². The van der Waals surface area contributed by atoms with E-state index in [0.29, 0.717) is 5.92 Å². The van der Waals surface area contributed by atoms with Gasteiger partial charge in [-0.25, -0.2) is 0 Å². The Labute approximate surface area is 89.2 Å². The number of allylic oxidation sites excluding steroid dienone is 1. The topological polar surface area (TPSA) is 20.2 Å². The first kappa shape index (κ1) is 13.7. The Kier molecular flexibility index (Phi) is 7.87. The Bertz CT molecular complexity index is 161. The van der Waals surface area contributed by atoms with Crippen molar-refractivity contribution in [1.82, 2.24) is 0 Å². The summed E-state index contributed by atoms with van der Waals surface area (Å²) in [6, 6.07) is 0. The van der Waals surface area contributed by atoms with Gasteiger partial charge in [-0.2, -0.15) is 0 Å². The zero-order valence-corrected chi connectivity index (χ0v) is 10.2. The van der Waals surface area contributed by atoms with E-state index in [2.05, 4.69) is 26.8 Å². The van der Waals surface area contributed by atoms with Gasteiger partial charge >= 0.3 is 0 Å². The molecule has 1 N–H and O–H groups in total. The van der Waals surface area contributed by atoms with E-state index >= 15 is 0 Å². The SMILES string of the molecule is CC/C=C(\C)C(O)C(C)CCCCC. The van der Waals surface area contributed by atoms with Crippen LogP contribution in [0.2, 0.25) is 0 Å². The highest BCUT2D eigenvalue weighted by molar-refractivity contribution is 5.05. The van der Waals surface area contributed by atoms with Crippen molar-refractivity contribution < 1.29 is 5.11 Å². The molecule has 0 bridgehead atoms. The lowest BCUT2D eigenvalue weighted by Gasteiger charge is -2.19. The quantitative estimate of drug-likeness (QED) is 0.485. The van der Waals surface area contributed by atoms with Gasteiger partial charge in [0.1, 0.15) is 0 Å². The molecule has 0 aliphatic carbocycles. The summed E-state index contributed by atoms with van der Waals surface area (Å²) in [5, 5.41) is 9.95.